The second-order valence-electron chi connectivity index (χ2n) is 5.85. The molecule has 1 N–H and O–H groups in total. The van der Waals surface area contributed by atoms with Crippen LogP contribution in [0, 0.1) is 17.8 Å². The topological polar surface area (TPSA) is 38.7 Å². The lowest BCUT2D eigenvalue weighted by atomic mass is 9.89. The lowest BCUT2D eigenvalue weighted by Gasteiger charge is -2.23. The van der Waals surface area contributed by atoms with Crippen molar-refractivity contribution in [3.05, 3.63) is 23.8 Å². The SMILES string of the molecule is COc1cccc(CO)c1OCC1CC2CCC1C2. The molecule has 0 aromatic heterocycles. The molecule has 0 spiro atoms. The largest absolute Gasteiger partial charge is 0.493 e. The summed E-state index contributed by atoms with van der Waals surface area (Å²) in [7, 11) is 1.64. The Hall–Kier alpha value is -1.22. The van der Waals surface area contributed by atoms with Gasteiger partial charge in [0.05, 0.1) is 20.3 Å². The van der Waals surface area contributed by atoms with Crippen LogP contribution in [0.15, 0.2) is 18.2 Å². The minimum atomic E-state index is -0.0107. The van der Waals surface area contributed by atoms with Gasteiger partial charge in [0.25, 0.3) is 0 Å². The highest BCUT2D eigenvalue weighted by atomic mass is 16.5. The summed E-state index contributed by atoms with van der Waals surface area (Å²) in [5, 5.41) is 9.40. The maximum Gasteiger partial charge on any atom is 0.166 e. The van der Waals surface area contributed by atoms with Gasteiger partial charge in [-0.1, -0.05) is 18.6 Å². The van der Waals surface area contributed by atoms with Crippen LogP contribution in [0.2, 0.25) is 0 Å². The van der Waals surface area contributed by atoms with Crippen molar-refractivity contribution in [2.45, 2.75) is 32.3 Å². The molecule has 2 saturated carbocycles. The van der Waals surface area contributed by atoms with Crippen LogP contribution in [0.1, 0.15) is 31.2 Å². The van der Waals surface area contributed by atoms with E-state index in [9.17, 15) is 5.11 Å². The van der Waals surface area contributed by atoms with E-state index in [0.717, 1.165) is 35.5 Å². The van der Waals surface area contributed by atoms with Gasteiger partial charge in [0.2, 0.25) is 0 Å². The molecule has 2 aliphatic carbocycles. The number of hydrogen-bond acceptors (Lipinski definition) is 3. The quantitative estimate of drug-likeness (QED) is 0.886. The monoisotopic (exact) mass is 262 g/mol. The molecule has 0 amide bonds. The predicted octanol–water partition coefficient (Wildman–Crippen LogP) is 3.00. The summed E-state index contributed by atoms with van der Waals surface area (Å²) in [6.07, 6.45) is 5.50. The van der Waals surface area contributed by atoms with Gasteiger partial charge in [-0.05, 0) is 43.1 Å². The molecule has 0 heterocycles. The number of aliphatic hydroxyl groups is 1. The van der Waals surface area contributed by atoms with E-state index in [1.54, 1.807) is 7.11 Å². The standard InChI is InChI=1S/C16H22O3/c1-18-15-4-2-3-13(9-17)16(15)19-10-14-8-11-5-6-12(14)7-11/h2-4,11-12,14,17H,5-10H2,1H3. The third-order valence-corrected chi connectivity index (χ3v) is 4.78. The first-order valence-electron chi connectivity index (χ1n) is 7.21. The molecule has 3 unspecified atom stereocenters. The van der Waals surface area contributed by atoms with Crippen molar-refractivity contribution in [3.8, 4) is 11.5 Å². The first-order chi connectivity index (χ1) is 9.31. The number of methoxy groups -OCH3 is 1. The first-order valence-corrected chi connectivity index (χ1v) is 7.21. The number of benzene rings is 1. The van der Waals surface area contributed by atoms with Gasteiger partial charge in [-0.3, -0.25) is 0 Å². The Morgan fingerprint density at radius 3 is 2.79 bits per heavy atom. The van der Waals surface area contributed by atoms with Crippen LogP contribution in [0.3, 0.4) is 0 Å². The second kappa shape index (κ2) is 5.41. The maximum absolute atomic E-state index is 9.40. The predicted molar refractivity (Wildman–Crippen MR) is 73.3 cm³/mol. The molecule has 0 aliphatic heterocycles. The summed E-state index contributed by atoms with van der Waals surface area (Å²) >= 11 is 0. The molecule has 104 valence electrons. The molecule has 2 aliphatic rings. The minimum Gasteiger partial charge on any atom is -0.493 e. The molecule has 3 nitrogen and oxygen atoms in total. The smallest absolute Gasteiger partial charge is 0.166 e. The number of rotatable bonds is 5. The summed E-state index contributed by atoms with van der Waals surface area (Å²) in [6, 6.07) is 5.66. The number of ether oxygens (including phenoxy) is 2. The number of para-hydroxylation sites is 1. The minimum absolute atomic E-state index is 0.0107. The zero-order chi connectivity index (χ0) is 13.2. The fourth-order valence-electron chi connectivity index (χ4n) is 3.78. The van der Waals surface area contributed by atoms with Crippen LogP contribution in [0.4, 0.5) is 0 Å². The molecule has 1 aromatic carbocycles. The third kappa shape index (κ3) is 2.44. The van der Waals surface area contributed by atoms with Crippen LogP contribution in [0.25, 0.3) is 0 Å². The zero-order valence-corrected chi connectivity index (χ0v) is 11.5. The van der Waals surface area contributed by atoms with Gasteiger partial charge in [0.15, 0.2) is 11.5 Å². The van der Waals surface area contributed by atoms with Crippen molar-refractivity contribution < 1.29 is 14.6 Å². The van der Waals surface area contributed by atoms with E-state index in [1.165, 1.54) is 25.7 Å². The fraction of sp³-hybridized carbons (Fsp3) is 0.625. The van der Waals surface area contributed by atoms with E-state index in [2.05, 4.69) is 0 Å². The Morgan fingerprint density at radius 2 is 2.16 bits per heavy atom. The van der Waals surface area contributed by atoms with Crippen molar-refractivity contribution >= 4 is 0 Å². The molecule has 3 atom stereocenters. The van der Waals surface area contributed by atoms with Crippen LogP contribution in [-0.4, -0.2) is 18.8 Å². The molecule has 19 heavy (non-hydrogen) atoms. The van der Waals surface area contributed by atoms with E-state index in [4.69, 9.17) is 9.47 Å². The Morgan fingerprint density at radius 1 is 1.26 bits per heavy atom. The Kier molecular flexibility index (Phi) is 3.65. The fourth-order valence-corrected chi connectivity index (χ4v) is 3.78. The van der Waals surface area contributed by atoms with Crippen molar-refractivity contribution in [3.63, 3.8) is 0 Å². The Bertz CT molecular complexity index is 421. The highest BCUT2D eigenvalue weighted by molar-refractivity contribution is 5.46. The lowest BCUT2D eigenvalue weighted by molar-refractivity contribution is 0.183. The molecule has 3 heteroatoms. The molecule has 0 saturated heterocycles. The van der Waals surface area contributed by atoms with Gasteiger partial charge in [-0.25, -0.2) is 0 Å². The maximum atomic E-state index is 9.40. The van der Waals surface area contributed by atoms with Gasteiger partial charge < -0.3 is 14.6 Å². The van der Waals surface area contributed by atoms with E-state index < -0.39 is 0 Å². The van der Waals surface area contributed by atoms with E-state index in [-0.39, 0.29) is 6.61 Å². The van der Waals surface area contributed by atoms with Crippen LogP contribution < -0.4 is 9.47 Å². The Balaban J connectivity index is 1.69. The highest BCUT2D eigenvalue weighted by Crippen LogP contribution is 2.48. The average Bonchev–Trinajstić information content (AvgIpc) is 3.07. The van der Waals surface area contributed by atoms with Gasteiger partial charge in [0, 0.05) is 5.56 Å². The van der Waals surface area contributed by atoms with Gasteiger partial charge in [-0.2, -0.15) is 0 Å². The summed E-state index contributed by atoms with van der Waals surface area (Å²) in [5.74, 6) is 3.92. The average molecular weight is 262 g/mol. The number of fused-ring (bicyclic) bond motifs is 2. The summed E-state index contributed by atoms with van der Waals surface area (Å²) in [4.78, 5) is 0. The third-order valence-electron chi connectivity index (χ3n) is 4.78. The molecule has 3 rings (SSSR count). The van der Waals surface area contributed by atoms with Gasteiger partial charge in [0.1, 0.15) is 0 Å². The van der Waals surface area contributed by atoms with Crippen LogP contribution in [0.5, 0.6) is 11.5 Å². The van der Waals surface area contributed by atoms with Gasteiger partial charge in [-0.15, -0.1) is 0 Å². The summed E-state index contributed by atoms with van der Waals surface area (Å²) < 4.78 is 11.3. The molecular formula is C16H22O3. The summed E-state index contributed by atoms with van der Waals surface area (Å²) in [5.41, 5.74) is 0.808. The molecule has 2 fully saturated rings. The number of aliphatic hydroxyl groups excluding tert-OH is 1. The van der Waals surface area contributed by atoms with Gasteiger partial charge >= 0.3 is 0 Å². The highest BCUT2D eigenvalue weighted by Gasteiger charge is 2.39. The first kappa shape index (κ1) is 12.8. The van der Waals surface area contributed by atoms with Crippen molar-refractivity contribution in [1.29, 1.82) is 0 Å². The molecular weight excluding hydrogens is 240 g/mol. The second-order valence-corrected chi connectivity index (χ2v) is 5.85. The van der Waals surface area contributed by atoms with Crippen molar-refractivity contribution in [2.75, 3.05) is 13.7 Å². The van der Waals surface area contributed by atoms with Crippen molar-refractivity contribution in [2.24, 2.45) is 17.8 Å². The zero-order valence-electron chi connectivity index (χ0n) is 11.5. The van der Waals surface area contributed by atoms with Crippen LogP contribution in [-0.2, 0) is 6.61 Å². The molecule has 1 aromatic rings. The molecule has 2 bridgehead atoms. The van der Waals surface area contributed by atoms with Crippen LogP contribution >= 0.6 is 0 Å². The number of hydrogen-bond donors (Lipinski definition) is 1. The van der Waals surface area contributed by atoms with Crippen molar-refractivity contribution in [1.82, 2.24) is 0 Å². The van der Waals surface area contributed by atoms with E-state index in [0.29, 0.717) is 5.92 Å². The Labute approximate surface area is 114 Å². The lowest BCUT2D eigenvalue weighted by Crippen LogP contribution is -2.19. The van der Waals surface area contributed by atoms with E-state index in [1.807, 2.05) is 18.2 Å². The molecule has 0 radical (unpaired) electrons. The normalized spacial score (nSPS) is 28.6. The van der Waals surface area contributed by atoms with E-state index >= 15 is 0 Å². The summed E-state index contributed by atoms with van der Waals surface area (Å²) in [6.45, 7) is 0.748.